The number of nitrogens with one attached hydrogen (secondary N) is 3. The molecule has 8 atom stereocenters. The van der Waals surface area contributed by atoms with E-state index in [9.17, 15) is 30.0 Å². The maximum Gasteiger partial charge on any atom is 0.222 e. The Labute approximate surface area is 282 Å². The van der Waals surface area contributed by atoms with Crippen molar-refractivity contribution in [3.63, 3.8) is 0 Å². The molecule has 266 valence electrons. The van der Waals surface area contributed by atoms with Crippen LogP contribution >= 0.6 is 0 Å². The molecule has 1 aromatic heterocycles. The van der Waals surface area contributed by atoms with Gasteiger partial charge in [-0.05, 0) is 51.4 Å². The number of hydrogen-bond acceptors (Lipinski definition) is 13. The fourth-order valence-corrected chi connectivity index (χ4v) is 7.07. The summed E-state index contributed by atoms with van der Waals surface area (Å²) < 4.78 is 13.4. The van der Waals surface area contributed by atoms with Gasteiger partial charge in [-0.2, -0.15) is 0 Å². The molecule has 0 bridgehead atoms. The first-order valence-corrected chi connectivity index (χ1v) is 16.7. The number of rotatable bonds is 15. The van der Waals surface area contributed by atoms with Crippen LogP contribution in [0.5, 0.6) is 5.75 Å². The van der Waals surface area contributed by atoms with Crippen LogP contribution in [0.25, 0.3) is 11.0 Å². The molecule has 6 rings (SSSR count). The second-order valence-corrected chi connectivity index (χ2v) is 13.3. The first-order chi connectivity index (χ1) is 23.5. The Bertz CT molecular complexity index is 1710. The average Bonchev–Trinajstić information content (AvgIpc) is 3.81. The van der Waals surface area contributed by atoms with E-state index < -0.39 is 49.3 Å². The number of aryl methyl sites for hydroxylation is 1. The first-order valence-electron chi connectivity index (χ1n) is 16.7. The number of hydrogen-bond donors (Lipinski definition) is 8. The molecule has 0 spiro atoms. The molecule has 0 aliphatic carbocycles. The van der Waals surface area contributed by atoms with E-state index in [-0.39, 0.29) is 23.7 Å². The lowest BCUT2D eigenvalue weighted by atomic mass is 9.79. The minimum Gasteiger partial charge on any atom is -0.478 e. The Morgan fingerprint density at radius 1 is 1.14 bits per heavy atom. The van der Waals surface area contributed by atoms with Gasteiger partial charge in [-0.3, -0.25) is 19.5 Å². The van der Waals surface area contributed by atoms with E-state index in [4.69, 9.17) is 24.0 Å². The maximum atomic E-state index is 13.3. The third kappa shape index (κ3) is 7.22. The summed E-state index contributed by atoms with van der Waals surface area (Å²) in [6.07, 6.45) is 0.139. The predicted octanol–water partition coefficient (Wildman–Crippen LogP) is -1.56. The highest BCUT2D eigenvalue weighted by Gasteiger charge is 2.49. The van der Waals surface area contributed by atoms with Crippen LogP contribution in [0.1, 0.15) is 37.0 Å². The largest absolute Gasteiger partial charge is 0.478 e. The summed E-state index contributed by atoms with van der Waals surface area (Å²) in [6, 6.07) is 3.20. The molecule has 0 saturated carbocycles. The van der Waals surface area contributed by atoms with Crippen molar-refractivity contribution in [2.75, 3.05) is 39.9 Å². The van der Waals surface area contributed by atoms with Crippen LogP contribution in [0.3, 0.4) is 0 Å². The highest BCUT2D eigenvalue weighted by atomic mass is 17.2. The third-order valence-corrected chi connectivity index (χ3v) is 9.88. The quantitative estimate of drug-likeness (QED) is 0.0789. The van der Waals surface area contributed by atoms with E-state index >= 15 is 0 Å². The number of carbonyl (C=O) groups excluding carboxylic acids is 1. The van der Waals surface area contributed by atoms with Gasteiger partial charge >= 0.3 is 0 Å². The Hall–Kier alpha value is -3.51. The highest BCUT2D eigenvalue weighted by Crippen LogP contribution is 2.46. The normalized spacial score (nSPS) is 26.8. The minimum atomic E-state index is -1.83. The molecule has 15 heteroatoms. The number of amides is 1. The topological polar surface area (TPSA) is 217 Å². The van der Waals surface area contributed by atoms with Crippen LogP contribution in [0, 0.1) is 12.8 Å². The molecule has 15 nitrogen and oxygen atoms in total. The van der Waals surface area contributed by atoms with Crippen molar-refractivity contribution in [3.8, 4) is 5.75 Å². The lowest BCUT2D eigenvalue weighted by Gasteiger charge is -2.44. The van der Waals surface area contributed by atoms with Gasteiger partial charge in [0.05, 0.1) is 12.0 Å². The van der Waals surface area contributed by atoms with E-state index in [1.807, 2.05) is 19.3 Å². The molecule has 8 unspecified atom stereocenters. The number of nitrogens with zero attached hydrogens (tertiary/aromatic N) is 1. The zero-order valence-electron chi connectivity index (χ0n) is 27.6. The number of fused-ring (bicyclic) bond motifs is 3. The average molecular weight is 686 g/mol. The van der Waals surface area contributed by atoms with Gasteiger partial charge in [-0.1, -0.05) is 0 Å². The van der Waals surface area contributed by atoms with E-state index in [0.29, 0.717) is 79.0 Å². The summed E-state index contributed by atoms with van der Waals surface area (Å²) in [5.41, 5.74) is 2.46. The van der Waals surface area contributed by atoms with Gasteiger partial charge in [0.2, 0.25) is 17.2 Å². The van der Waals surface area contributed by atoms with Crippen molar-refractivity contribution in [1.29, 1.82) is 0 Å². The Kier molecular flexibility index (Phi) is 10.6. The van der Waals surface area contributed by atoms with E-state index in [1.165, 1.54) is 6.07 Å². The molecule has 4 aliphatic heterocycles. The predicted molar refractivity (Wildman–Crippen MR) is 175 cm³/mol. The summed E-state index contributed by atoms with van der Waals surface area (Å²) in [5.74, 6) is 1.10. The summed E-state index contributed by atoms with van der Waals surface area (Å²) in [5, 5.41) is 56.2. The van der Waals surface area contributed by atoms with Gasteiger partial charge < -0.3 is 45.3 Å². The van der Waals surface area contributed by atoms with Gasteiger partial charge in [0.15, 0.2) is 11.2 Å². The van der Waals surface area contributed by atoms with Crippen LogP contribution in [-0.2, 0) is 21.0 Å². The number of aliphatic hydroxyl groups is 5. The lowest BCUT2D eigenvalue weighted by molar-refractivity contribution is -0.763. The molecule has 1 fully saturated rings. The monoisotopic (exact) mass is 685 g/mol. The summed E-state index contributed by atoms with van der Waals surface area (Å²) in [6.45, 7) is 1.99. The molecule has 1 aromatic carbocycles. The molecule has 5 heterocycles. The summed E-state index contributed by atoms with van der Waals surface area (Å²) in [4.78, 5) is 42.3. The van der Waals surface area contributed by atoms with Crippen molar-refractivity contribution in [2.24, 2.45) is 10.9 Å². The van der Waals surface area contributed by atoms with Crippen LogP contribution in [-0.4, -0.2) is 114 Å². The number of allylic oxidation sites excluding steroid dienone is 1. The molecule has 0 radical (unpaired) electrons. The van der Waals surface area contributed by atoms with Gasteiger partial charge in [-0.25, -0.2) is 9.78 Å². The lowest BCUT2D eigenvalue weighted by Crippen LogP contribution is -3.01. The molecule has 1 saturated heterocycles. The number of aliphatic imine (C=N–C) groups is 1. The van der Waals surface area contributed by atoms with Crippen molar-refractivity contribution >= 4 is 28.8 Å². The highest BCUT2D eigenvalue weighted by molar-refractivity contribution is 5.90. The molecule has 1 amide bonds. The SMILES string of the molecule is CNCCC1(CCC2CNC(=O)C2)Oc2c(cc3c(=O)cc(C)oc3c2[NH+]2C=C3N=CC=C3C2)CC1OOCC(O)C(O)C(O)C(O)CO. The molecular weight excluding hydrogens is 640 g/mol. The molecule has 2 aromatic rings. The Balaban J connectivity index is 1.38. The van der Waals surface area contributed by atoms with Crippen LogP contribution in [0.15, 0.2) is 49.9 Å². The standard InChI is InChI=1S/C34H44N4O11/c1-18-9-24(40)22-11-21-12-27(49-46-17-26(42)31(45)30(44)25(41)16-39)34(6-8-35-2,5-3-19-10-28(43)37-13-19)48-32(21)29(33(22)47-18)38-14-20-4-7-36-23(20)15-38/h4,7,9,11,15,19,25-27,30-31,35,39,41-42,44-45H,3,5-6,8,10,12-14,16-17H2,1-2H3,(H,37,43)/p+1. The van der Waals surface area contributed by atoms with E-state index in [2.05, 4.69) is 15.6 Å². The van der Waals surface area contributed by atoms with Crippen LogP contribution < -0.4 is 25.7 Å². The second-order valence-electron chi connectivity index (χ2n) is 13.3. The van der Waals surface area contributed by atoms with Crippen molar-refractivity contribution in [2.45, 2.75) is 75.1 Å². The second kappa shape index (κ2) is 14.8. The summed E-state index contributed by atoms with van der Waals surface area (Å²) >= 11 is 0. The zero-order valence-corrected chi connectivity index (χ0v) is 27.6. The minimum absolute atomic E-state index is 0.00583. The van der Waals surface area contributed by atoms with Gasteiger partial charge in [-0.15, -0.1) is 0 Å². The van der Waals surface area contributed by atoms with E-state index in [0.717, 1.165) is 16.2 Å². The first kappa shape index (κ1) is 35.3. The van der Waals surface area contributed by atoms with Gasteiger partial charge in [0.25, 0.3) is 0 Å². The fraction of sp³-hybridized carbons (Fsp3) is 0.559. The third-order valence-electron chi connectivity index (χ3n) is 9.88. The van der Waals surface area contributed by atoms with Gasteiger partial charge in [0.1, 0.15) is 66.9 Å². The number of carbonyl (C=O) groups is 1. The van der Waals surface area contributed by atoms with Gasteiger partial charge in [0, 0.05) is 49.2 Å². The fourth-order valence-electron chi connectivity index (χ4n) is 7.07. The van der Waals surface area contributed by atoms with E-state index in [1.54, 1.807) is 19.2 Å². The van der Waals surface area contributed by atoms with Crippen molar-refractivity contribution in [3.05, 3.63) is 57.2 Å². The number of benzene rings is 1. The number of quaternary nitrogens is 1. The Morgan fingerprint density at radius 3 is 2.65 bits per heavy atom. The van der Waals surface area contributed by atoms with Crippen LogP contribution in [0.4, 0.5) is 5.69 Å². The maximum absolute atomic E-state index is 13.3. The smallest absolute Gasteiger partial charge is 0.222 e. The Morgan fingerprint density at radius 2 is 1.94 bits per heavy atom. The number of ether oxygens (including phenoxy) is 1. The summed E-state index contributed by atoms with van der Waals surface area (Å²) in [7, 11) is 1.82. The molecule has 4 aliphatic rings. The molecular formula is C34H45N4O11+. The van der Waals surface area contributed by atoms with Crippen molar-refractivity contribution in [1.82, 2.24) is 10.6 Å². The van der Waals surface area contributed by atoms with Crippen LogP contribution in [0.2, 0.25) is 0 Å². The van der Waals surface area contributed by atoms with Crippen molar-refractivity contribution < 1.29 is 54.2 Å². The number of aliphatic hydroxyl groups excluding tert-OH is 5. The molecule has 49 heavy (non-hydrogen) atoms. The zero-order chi connectivity index (χ0) is 34.9. The molecule has 8 N–H and O–H groups in total.